The number of nitrogens with zero attached hydrogens (tertiary/aromatic N) is 2. The van der Waals surface area contributed by atoms with Crippen LogP contribution in [0.3, 0.4) is 0 Å². The minimum atomic E-state index is 0.323. The lowest BCUT2D eigenvalue weighted by atomic mass is 9.90. The highest BCUT2D eigenvalue weighted by Crippen LogP contribution is 2.30. The molecule has 2 fully saturated rings. The Morgan fingerprint density at radius 3 is 2.59 bits per heavy atom. The number of rotatable bonds is 3. The second kappa shape index (κ2) is 5.36. The van der Waals surface area contributed by atoms with Crippen LogP contribution in [0.15, 0.2) is 0 Å². The van der Waals surface area contributed by atoms with Crippen LogP contribution in [0.5, 0.6) is 0 Å². The SMILES string of the molecule is CC(C)[C@@H]1[C@@H](CN2CCNCC2)CC(=O)N1C. The number of nitrogens with one attached hydrogen (secondary N) is 1. The van der Waals surface area contributed by atoms with Gasteiger partial charge >= 0.3 is 0 Å². The summed E-state index contributed by atoms with van der Waals surface area (Å²) >= 11 is 0. The molecule has 4 heteroatoms. The van der Waals surface area contributed by atoms with Gasteiger partial charge in [0.05, 0.1) is 0 Å². The maximum Gasteiger partial charge on any atom is 0.222 e. The van der Waals surface area contributed by atoms with Gasteiger partial charge in [0.2, 0.25) is 5.91 Å². The van der Waals surface area contributed by atoms with E-state index in [2.05, 4.69) is 24.1 Å². The van der Waals surface area contributed by atoms with Crippen LogP contribution >= 0.6 is 0 Å². The summed E-state index contributed by atoms with van der Waals surface area (Å²) in [5.74, 6) is 1.40. The molecule has 2 aliphatic rings. The lowest BCUT2D eigenvalue weighted by molar-refractivity contribution is -0.128. The molecule has 0 aromatic carbocycles. The van der Waals surface area contributed by atoms with Crippen molar-refractivity contribution in [1.29, 1.82) is 0 Å². The van der Waals surface area contributed by atoms with Crippen LogP contribution in [0.2, 0.25) is 0 Å². The van der Waals surface area contributed by atoms with Gasteiger partial charge in [-0.1, -0.05) is 13.8 Å². The molecule has 98 valence electrons. The molecule has 2 aliphatic heterocycles. The summed E-state index contributed by atoms with van der Waals surface area (Å²) in [5.41, 5.74) is 0. The Morgan fingerprint density at radius 1 is 1.35 bits per heavy atom. The van der Waals surface area contributed by atoms with Crippen LogP contribution in [0.1, 0.15) is 20.3 Å². The predicted molar refractivity (Wildman–Crippen MR) is 68.8 cm³/mol. The van der Waals surface area contributed by atoms with Gasteiger partial charge in [-0.3, -0.25) is 4.79 Å². The molecule has 2 heterocycles. The normalized spacial score (nSPS) is 31.5. The zero-order valence-electron chi connectivity index (χ0n) is 11.3. The Kier molecular flexibility index (Phi) is 4.05. The highest BCUT2D eigenvalue weighted by atomic mass is 16.2. The van der Waals surface area contributed by atoms with E-state index in [9.17, 15) is 4.79 Å². The van der Waals surface area contributed by atoms with E-state index in [0.29, 0.717) is 23.8 Å². The van der Waals surface area contributed by atoms with Crippen LogP contribution in [-0.4, -0.2) is 61.5 Å². The highest BCUT2D eigenvalue weighted by molar-refractivity contribution is 5.79. The highest BCUT2D eigenvalue weighted by Gasteiger charge is 2.39. The van der Waals surface area contributed by atoms with Crippen molar-refractivity contribution in [2.75, 3.05) is 39.8 Å². The molecular weight excluding hydrogens is 214 g/mol. The third kappa shape index (κ3) is 2.80. The Hall–Kier alpha value is -0.610. The first kappa shape index (κ1) is 12.8. The maximum atomic E-state index is 11.8. The first-order chi connectivity index (χ1) is 8.09. The Morgan fingerprint density at radius 2 is 2.00 bits per heavy atom. The van der Waals surface area contributed by atoms with Crippen LogP contribution < -0.4 is 5.32 Å². The molecule has 0 saturated carbocycles. The molecule has 2 rings (SSSR count). The van der Waals surface area contributed by atoms with E-state index < -0.39 is 0 Å². The van der Waals surface area contributed by atoms with Crippen molar-refractivity contribution in [2.24, 2.45) is 11.8 Å². The van der Waals surface area contributed by atoms with Crippen molar-refractivity contribution in [3.05, 3.63) is 0 Å². The molecule has 0 aromatic rings. The molecule has 0 spiro atoms. The summed E-state index contributed by atoms with van der Waals surface area (Å²) in [7, 11) is 1.96. The molecule has 2 atom stereocenters. The number of hydrogen-bond donors (Lipinski definition) is 1. The minimum Gasteiger partial charge on any atom is -0.342 e. The zero-order chi connectivity index (χ0) is 12.4. The number of piperazine rings is 1. The Labute approximate surface area is 104 Å². The molecule has 0 aromatic heterocycles. The molecular formula is C13H25N3O. The van der Waals surface area contributed by atoms with Crippen molar-refractivity contribution in [3.63, 3.8) is 0 Å². The largest absolute Gasteiger partial charge is 0.342 e. The van der Waals surface area contributed by atoms with E-state index in [-0.39, 0.29) is 0 Å². The average molecular weight is 239 g/mol. The summed E-state index contributed by atoms with van der Waals surface area (Å²) < 4.78 is 0. The number of carbonyl (C=O) groups excluding carboxylic acids is 1. The summed E-state index contributed by atoms with van der Waals surface area (Å²) in [6, 6.07) is 0.428. The van der Waals surface area contributed by atoms with Crippen LogP contribution in [0, 0.1) is 11.8 Å². The van der Waals surface area contributed by atoms with Crippen molar-refractivity contribution in [3.8, 4) is 0 Å². The van der Waals surface area contributed by atoms with Crippen molar-refractivity contribution in [1.82, 2.24) is 15.1 Å². The van der Waals surface area contributed by atoms with Gasteiger partial charge in [0, 0.05) is 58.2 Å². The molecule has 4 nitrogen and oxygen atoms in total. The van der Waals surface area contributed by atoms with Crippen LogP contribution in [0.4, 0.5) is 0 Å². The summed E-state index contributed by atoms with van der Waals surface area (Å²) in [6.07, 6.45) is 0.739. The second-order valence-corrected chi connectivity index (χ2v) is 5.75. The molecule has 0 bridgehead atoms. The summed E-state index contributed by atoms with van der Waals surface area (Å²) in [5, 5.41) is 3.37. The van der Waals surface area contributed by atoms with Gasteiger partial charge in [0.25, 0.3) is 0 Å². The number of carbonyl (C=O) groups is 1. The van der Waals surface area contributed by atoms with Gasteiger partial charge in [-0.15, -0.1) is 0 Å². The van der Waals surface area contributed by atoms with E-state index in [1.807, 2.05) is 11.9 Å². The lowest BCUT2D eigenvalue weighted by Crippen LogP contribution is -2.47. The van der Waals surface area contributed by atoms with Crippen LogP contribution in [0.25, 0.3) is 0 Å². The van der Waals surface area contributed by atoms with Crippen molar-refractivity contribution < 1.29 is 4.79 Å². The first-order valence-electron chi connectivity index (χ1n) is 6.78. The average Bonchev–Trinajstić information content (AvgIpc) is 2.56. The Balaban J connectivity index is 1.96. The Bertz CT molecular complexity index is 274. The fourth-order valence-electron chi connectivity index (χ4n) is 3.36. The lowest BCUT2D eigenvalue weighted by Gasteiger charge is -2.34. The molecule has 1 amide bonds. The van der Waals surface area contributed by atoms with Crippen molar-refractivity contribution in [2.45, 2.75) is 26.3 Å². The van der Waals surface area contributed by atoms with Gasteiger partial charge in [-0.05, 0) is 5.92 Å². The number of amides is 1. The van der Waals surface area contributed by atoms with Gasteiger partial charge < -0.3 is 15.1 Å². The smallest absolute Gasteiger partial charge is 0.222 e. The molecule has 17 heavy (non-hydrogen) atoms. The van der Waals surface area contributed by atoms with Crippen LogP contribution in [-0.2, 0) is 4.79 Å². The van der Waals surface area contributed by atoms with E-state index >= 15 is 0 Å². The molecule has 0 aliphatic carbocycles. The zero-order valence-corrected chi connectivity index (χ0v) is 11.3. The predicted octanol–water partition coefficient (Wildman–Crippen LogP) is 0.395. The molecule has 2 saturated heterocycles. The molecule has 1 N–H and O–H groups in total. The van der Waals surface area contributed by atoms with E-state index in [1.54, 1.807) is 0 Å². The van der Waals surface area contributed by atoms with E-state index in [0.717, 1.165) is 39.1 Å². The third-order valence-electron chi connectivity index (χ3n) is 4.15. The minimum absolute atomic E-state index is 0.323. The fraction of sp³-hybridized carbons (Fsp3) is 0.923. The first-order valence-corrected chi connectivity index (χ1v) is 6.78. The third-order valence-corrected chi connectivity index (χ3v) is 4.15. The van der Waals surface area contributed by atoms with Crippen molar-refractivity contribution >= 4 is 5.91 Å². The fourth-order valence-corrected chi connectivity index (χ4v) is 3.36. The summed E-state index contributed by atoms with van der Waals surface area (Å²) in [4.78, 5) is 16.3. The van der Waals surface area contributed by atoms with Gasteiger partial charge in [-0.25, -0.2) is 0 Å². The quantitative estimate of drug-likeness (QED) is 0.774. The standard InChI is InChI=1S/C13H25N3O/c1-10(2)13-11(8-12(17)15(13)3)9-16-6-4-14-5-7-16/h10-11,13-14H,4-9H2,1-3H3/t11-,13-/m1/s1. The topological polar surface area (TPSA) is 35.6 Å². The van der Waals surface area contributed by atoms with E-state index in [1.165, 1.54) is 0 Å². The monoisotopic (exact) mass is 239 g/mol. The molecule has 0 radical (unpaired) electrons. The van der Waals surface area contributed by atoms with Gasteiger partial charge in [0.15, 0.2) is 0 Å². The second-order valence-electron chi connectivity index (χ2n) is 5.75. The molecule has 0 unspecified atom stereocenters. The van der Waals surface area contributed by atoms with Gasteiger partial charge in [-0.2, -0.15) is 0 Å². The number of likely N-dealkylation sites (tertiary alicyclic amines) is 1. The number of hydrogen-bond acceptors (Lipinski definition) is 3. The summed E-state index contributed by atoms with van der Waals surface area (Å²) in [6.45, 7) is 9.96. The maximum absolute atomic E-state index is 11.8. The van der Waals surface area contributed by atoms with E-state index in [4.69, 9.17) is 0 Å². The van der Waals surface area contributed by atoms with Gasteiger partial charge in [0.1, 0.15) is 0 Å².